The van der Waals surface area contributed by atoms with Gasteiger partial charge in [0.2, 0.25) is 0 Å². The van der Waals surface area contributed by atoms with Gasteiger partial charge in [0.25, 0.3) is 0 Å². The molecule has 0 aliphatic carbocycles. The lowest BCUT2D eigenvalue weighted by molar-refractivity contribution is 0.0977. The number of nitrogens with zero attached hydrogens (tertiary/aromatic N) is 4. The maximum absolute atomic E-state index is 6.01. The average Bonchev–Trinajstić information content (AvgIpc) is 3.17. The zero-order valence-electron chi connectivity index (χ0n) is 12.5. The zero-order chi connectivity index (χ0) is 14.8. The van der Waals surface area contributed by atoms with Crippen LogP contribution in [0, 0.1) is 0 Å². The number of ether oxygens (including phenoxy) is 1. The summed E-state index contributed by atoms with van der Waals surface area (Å²) in [5.74, 6) is 0.766. The van der Waals surface area contributed by atoms with Crippen LogP contribution >= 0.6 is 0 Å². The molecule has 6 heteroatoms. The fourth-order valence-corrected chi connectivity index (χ4v) is 3.47. The van der Waals surface area contributed by atoms with Crippen molar-refractivity contribution in [1.82, 2.24) is 19.8 Å². The minimum Gasteiger partial charge on any atom is -0.486 e. The van der Waals surface area contributed by atoms with E-state index in [-0.39, 0.29) is 6.10 Å². The van der Waals surface area contributed by atoms with Gasteiger partial charge in [-0.25, -0.2) is 9.97 Å². The molecule has 2 aromatic heterocycles. The van der Waals surface area contributed by atoms with Gasteiger partial charge in [0.05, 0.1) is 24.9 Å². The summed E-state index contributed by atoms with van der Waals surface area (Å²) in [7, 11) is 0. The van der Waals surface area contributed by atoms with Crippen LogP contribution in [0.15, 0.2) is 41.7 Å². The largest absolute Gasteiger partial charge is 0.486 e. The minimum atomic E-state index is 0.241. The molecule has 2 aromatic rings. The second kappa shape index (κ2) is 6.06. The van der Waals surface area contributed by atoms with Gasteiger partial charge in [-0.2, -0.15) is 0 Å². The van der Waals surface area contributed by atoms with Gasteiger partial charge in [-0.1, -0.05) is 0 Å². The van der Waals surface area contributed by atoms with E-state index in [1.54, 1.807) is 18.7 Å². The summed E-state index contributed by atoms with van der Waals surface area (Å²) in [6.07, 6.45) is 9.88. The fraction of sp³-hybridized carbons (Fsp3) is 0.500. The highest BCUT2D eigenvalue weighted by Crippen LogP contribution is 2.26. The Kier molecular flexibility index (Phi) is 3.78. The van der Waals surface area contributed by atoms with E-state index in [0.717, 1.165) is 44.9 Å². The Morgan fingerprint density at radius 2 is 2.14 bits per heavy atom. The molecule has 2 aliphatic rings. The van der Waals surface area contributed by atoms with Crippen LogP contribution in [-0.4, -0.2) is 58.1 Å². The molecule has 0 bridgehead atoms. The molecule has 2 saturated heterocycles. The van der Waals surface area contributed by atoms with Crippen molar-refractivity contribution in [1.29, 1.82) is 0 Å². The molecule has 0 amide bonds. The maximum Gasteiger partial charge on any atom is 0.156 e. The monoisotopic (exact) mass is 300 g/mol. The van der Waals surface area contributed by atoms with E-state index >= 15 is 0 Å². The summed E-state index contributed by atoms with van der Waals surface area (Å²) >= 11 is 0. The number of hydrogen-bond acceptors (Lipinski definition) is 6. The van der Waals surface area contributed by atoms with Crippen molar-refractivity contribution in [2.45, 2.75) is 25.1 Å². The third-order valence-corrected chi connectivity index (χ3v) is 4.49. The van der Waals surface area contributed by atoms with E-state index in [4.69, 9.17) is 9.15 Å². The van der Waals surface area contributed by atoms with Crippen LogP contribution in [0.4, 0.5) is 0 Å². The highest BCUT2D eigenvalue weighted by atomic mass is 16.5. The summed E-state index contributed by atoms with van der Waals surface area (Å²) in [4.78, 5) is 13.1. The Labute approximate surface area is 129 Å². The van der Waals surface area contributed by atoms with Crippen molar-refractivity contribution in [3.63, 3.8) is 0 Å². The number of rotatable bonds is 4. The Bertz CT molecular complexity index is 589. The lowest BCUT2D eigenvalue weighted by atomic mass is 10.1. The second-order valence-corrected chi connectivity index (χ2v) is 6.07. The van der Waals surface area contributed by atoms with Crippen molar-refractivity contribution in [3.8, 4) is 5.75 Å². The van der Waals surface area contributed by atoms with E-state index < -0.39 is 0 Å². The Balaban J connectivity index is 1.33. The van der Waals surface area contributed by atoms with Crippen molar-refractivity contribution in [3.05, 3.63) is 42.9 Å². The zero-order valence-corrected chi connectivity index (χ0v) is 12.5. The summed E-state index contributed by atoms with van der Waals surface area (Å²) in [5.41, 5.74) is 1.25. The Morgan fingerprint density at radius 1 is 1.23 bits per heavy atom. The molecule has 0 radical (unpaired) electrons. The van der Waals surface area contributed by atoms with Crippen LogP contribution in [0.2, 0.25) is 0 Å². The summed E-state index contributed by atoms with van der Waals surface area (Å²) in [6.45, 7) is 5.27. The lowest BCUT2D eigenvalue weighted by Crippen LogP contribution is -2.49. The molecule has 0 saturated carbocycles. The van der Waals surface area contributed by atoms with Crippen LogP contribution < -0.4 is 4.74 Å². The SMILES string of the molecule is c1ncc(O[C@H]2C[C@H]3CN(Cc4ccoc4)CCN3C2)cn1. The number of fused-ring (bicyclic) bond motifs is 1. The van der Waals surface area contributed by atoms with E-state index in [1.165, 1.54) is 11.9 Å². The second-order valence-electron chi connectivity index (χ2n) is 6.07. The topological polar surface area (TPSA) is 54.6 Å². The van der Waals surface area contributed by atoms with Crippen LogP contribution in [-0.2, 0) is 6.54 Å². The van der Waals surface area contributed by atoms with E-state index in [1.807, 2.05) is 12.3 Å². The van der Waals surface area contributed by atoms with E-state index in [9.17, 15) is 0 Å². The summed E-state index contributed by atoms with van der Waals surface area (Å²) in [6, 6.07) is 2.62. The van der Waals surface area contributed by atoms with Crippen LogP contribution in [0.3, 0.4) is 0 Å². The van der Waals surface area contributed by atoms with E-state index in [2.05, 4.69) is 19.8 Å². The lowest BCUT2D eigenvalue weighted by Gasteiger charge is -2.36. The molecule has 0 aromatic carbocycles. The molecule has 22 heavy (non-hydrogen) atoms. The molecule has 4 heterocycles. The first-order chi connectivity index (χ1) is 10.9. The summed E-state index contributed by atoms with van der Waals surface area (Å²) in [5, 5.41) is 0. The van der Waals surface area contributed by atoms with Gasteiger partial charge in [0, 0.05) is 50.7 Å². The normalized spacial score (nSPS) is 26.0. The van der Waals surface area contributed by atoms with Gasteiger partial charge in [0.15, 0.2) is 5.75 Å². The molecule has 2 fully saturated rings. The van der Waals surface area contributed by atoms with E-state index in [0.29, 0.717) is 6.04 Å². The first-order valence-electron chi connectivity index (χ1n) is 7.76. The van der Waals surface area contributed by atoms with Gasteiger partial charge in [-0.3, -0.25) is 9.80 Å². The van der Waals surface area contributed by atoms with Crippen molar-refractivity contribution >= 4 is 0 Å². The van der Waals surface area contributed by atoms with Crippen molar-refractivity contribution in [2.75, 3.05) is 26.2 Å². The molecule has 2 atom stereocenters. The number of hydrogen-bond donors (Lipinski definition) is 0. The number of piperazine rings is 1. The maximum atomic E-state index is 6.01. The molecule has 6 nitrogen and oxygen atoms in total. The highest BCUT2D eigenvalue weighted by Gasteiger charge is 2.37. The smallest absolute Gasteiger partial charge is 0.156 e. The molecule has 0 unspecified atom stereocenters. The Hall–Kier alpha value is -1.92. The molecule has 0 N–H and O–H groups in total. The van der Waals surface area contributed by atoms with Crippen LogP contribution in [0.25, 0.3) is 0 Å². The number of aromatic nitrogens is 2. The molecule has 4 rings (SSSR count). The average molecular weight is 300 g/mol. The molecular weight excluding hydrogens is 280 g/mol. The minimum absolute atomic E-state index is 0.241. The van der Waals surface area contributed by atoms with Gasteiger partial charge < -0.3 is 9.15 Å². The predicted molar refractivity (Wildman–Crippen MR) is 80.4 cm³/mol. The first-order valence-corrected chi connectivity index (χ1v) is 7.76. The van der Waals surface area contributed by atoms with Crippen LogP contribution in [0.1, 0.15) is 12.0 Å². The molecule has 116 valence electrons. The van der Waals surface area contributed by atoms with Gasteiger partial charge >= 0.3 is 0 Å². The molecule has 0 spiro atoms. The molecule has 2 aliphatic heterocycles. The first kappa shape index (κ1) is 13.7. The van der Waals surface area contributed by atoms with Gasteiger partial charge in [-0.15, -0.1) is 0 Å². The standard InChI is InChI=1S/C16H20N4O2/c1-4-21-11-13(1)8-19-2-3-20-10-15(5-14(20)9-19)22-16-6-17-12-18-7-16/h1,4,6-7,11-12,14-15H,2-3,5,8-10H2/t14-,15-/m0/s1. The predicted octanol–water partition coefficient (Wildman–Crippen LogP) is 1.41. The Morgan fingerprint density at radius 3 is 2.95 bits per heavy atom. The van der Waals surface area contributed by atoms with Gasteiger partial charge in [0.1, 0.15) is 12.4 Å². The van der Waals surface area contributed by atoms with Gasteiger partial charge in [-0.05, 0) is 6.07 Å². The third-order valence-electron chi connectivity index (χ3n) is 4.49. The van der Waals surface area contributed by atoms with Crippen molar-refractivity contribution < 1.29 is 9.15 Å². The fourth-order valence-electron chi connectivity index (χ4n) is 3.47. The number of furan rings is 1. The highest BCUT2D eigenvalue weighted by molar-refractivity contribution is 5.11. The van der Waals surface area contributed by atoms with Crippen LogP contribution in [0.5, 0.6) is 5.75 Å². The third kappa shape index (κ3) is 2.98. The summed E-state index contributed by atoms with van der Waals surface area (Å²) < 4.78 is 11.2. The quantitative estimate of drug-likeness (QED) is 0.851. The van der Waals surface area contributed by atoms with Crippen molar-refractivity contribution in [2.24, 2.45) is 0 Å². The molecular formula is C16H20N4O2.